The molecule has 1 aromatic heterocycles. The van der Waals surface area contributed by atoms with Gasteiger partial charge in [-0.15, -0.1) is 0 Å². The summed E-state index contributed by atoms with van der Waals surface area (Å²) in [4.78, 5) is 6.24. The summed E-state index contributed by atoms with van der Waals surface area (Å²) >= 11 is 5.89. The number of nitrogens with two attached hydrogens (primary N) is 1. The Morgan fingerprint density at radius 3 is 2.55 bits per heavy atom. The van der Waals surface area contributed by atoms with Crippen molar-refractivity contribution in [3.63, 3.8) is 0 Å². The zero-order chi connectivity index (χ0) is 14.7. The predicted octanol–water partition coefficient (Wildman–Crippen LogP) is 3.39. The van der Waals surface area contributed by atoms with Crippen LogP contribution in [0.3, 0.4) is 0 Å². The Bertz CT molecular complexity index is 646. The molecule has 1 aromatic carbocycles. The van der Waals surface area contributed by atoms with Crippen LogP contribution in [0.2, 0.25) is 5.02 Å². The van der Waals surface area contributed by atoms with Gasteiger partial charge in [-0.1, -0.05) is 23.7 Å². The van der Waals surface area contributed by atoms with Crippen LogP contribution in [0.25, 0.3) is 0 Å². The summed E-state index contributed by atoms with van der Waals surface area (Å²) < 4.78 is 0. The lowest BCUT2D eigenvalue weighted by Gasteiger charge is -2.27. The number of halogens is 1. The Kier molecular flexibility index (Phi) is 4.11. The molecule has 1 atom stereocenters. The molecule has 2 rings (SSSR count). The molecule has 0 bridgehead atoms. The Morgan fingerprint density at radius 2 is 2.00 bits per heavy atom. The van der Waals surface area contributed by atoms with Crippen molar-refractivity contribution in [1.82, 2.24) is 4.98 Å². The maximum atomic E-state index is 8.83. The van der Waals surface area contributed by atoms with Gasteiger partial charge in [0.25, 0.3) is 0 Å². The van der Waals surface area contributed by atoms with E-state index in [1.54, 1.807) is 6.07 Å². The highest BCUT2D eigenvalue weighted by molar-refractivity contribution is 6.30. The monoisotopic (exact) mass is 286 g/mol. The minimum absolute atomic E-state index is 0.0926. The smallest absolute Gasteiger partial charge is 0.152 e. The first-order valence-corrected chi connectivity index (χ1v) is 6.54. The number of rotatable bonds is 3. The molecule has 0 spiro atoms. The van der Waals surface area contributed by atoms with Gasteiger partial charge in [-0.2, -0.15) is 5.26 Å². The molecule has 102 valence electrons. The highest BCUT2D eigenvalue weighted by atomic mass is 35.5. The van der Waals surface area contributed by atoms with E-state index < -0.39 is 0 Å². The Morgan fingerprint density at radius 1 is 1.35 bits per heavy atom. The van der Waals surface area contributed by atoms with Crippen molar-refractivity contribution >= 4 is 23.1 Å². The van der Waals surface area contributed by atoms with Gasteiger partial charge in [-0.3, -0.25) is 0 Å². The number of hydrogen-bond acceptors (Lipinski definition) is 4. The van der Waals surface area contributed by atoms with Gasteiger partial charge in [0.05, 0.1) is 17.3 Å². The maximum Gasteiger partial charge on any atom is 0.152 e. The number of pyridine rings is 1. The summed E-state index contributed by atoms with van der Waals surface area (Å²) in [6.45, 7) is 2.06. The molecule has 0 aliphatic heterocycles. The lowest BCUT2D eigenvalue weighted by molar-refractivity contribution is 0.730. The van der Waals surface area contributed by atoms with Crippen molar-refractivity contribution in [2.75, 3.05) is 17.7 Å². The second-order valence-corrected chi connectivity index (χ2v) is 5.02. The van der Waals surface area contributed by atoms with Crippen LogP contribution in [0, 0.1) is 11.3 Å². The molecule has 5 heteroatoms. The first-order valence-electron chi connectivity index (χ1n) is 6.17. The Balaban J connectivity index is 2.29. The van der Waals surface area contributed by atoms with E-state index in [2.05, 4.69) is 11.9 Å². The van der Waals surface area contributed by atoms with Crippen molar-refractivity contribution in [1.29, 1.82) is 5.26 Å². The largest absolute Gasteiger partial charge is 0.396 e. The van der Waals surface area contributed by atoms with Gasteiger partial charge in [-0.05, 0) is 30.7 Å². The van der Waals surface area contributed by atoms with E-state index in [0.29, 0.717) is 22.1 Å². The highest BCUT2D eigenvalue weighted by Gasteiger charge is 2.16. The molecule has 2 N–H and O–H groups in total. The SMILES string of the molecule is CC(c1ccc(Cl)cc1)N(C)c1ncc(C#N)cc1N. The average Bonchev–Trinajstić information content (AvgIpc) is 2.46. The molecule has 4 nitrogen and oxygen atoms in total. The van der Waals surface area contributed by atoms with Crippen molar-refractivity contribution < 1.29 is 0 Å². The van der Waals surface area contributed by atoms with Gasteiger partial charge in [-0.25, -0.2) is 4.98 Å². The minimum atomic E-state index is 0.0926. The van der Waals surface area contributed by atoms with E-state index in [4.69, 9.17) is 22.6 Å². The minimum Gasteiger partial charge on any atom is -0.396 e. The average molecular weight is 287 g/mol. The van der Waals surface area contributed by atoms with Gasteiger partial charge in [0.15, 0.2) is 5.82 Å². The third-order valence-electron chi connectivity index (χ3n) is 3.29. The highest BCUT2D eigenvalue weighted by Crippen LogP contribution is 2.28. The number of aromatic nitrogens is 1. The van der Waals surface area contributed by atoms with Crippen LogP contribution >= 0.6 is 11.6 Å². The van der Waals surface area contributed by atoms with Gasteiger partial charge in [0.2, 0.25) is 0 Å². The fourth-order valence-electron chi connectivity index (χ4n) is 1.98. The first-order chi connectivity index (χ1) is 9.52. The molecular weight excluding hydrogens is 272 g/mol. The predicted molar refractivity (Wildman–Crippen MR) is 81.6 cm³/mol. The number of nitrogen functional groups attached to an aromatic ring is 1. The summed E-state index contributed by atoms with van der Waals surface area (Å²) in [7, 11) is 1.92. The van der Waals surface area contributed by atoms with Crippen molar-refractivity contribution in [2.24, 2.45) is 0 Å². The lowest BCUT2D eigenvalue weighted by atomic mass is 10.1. The number of benzene rings is 1. The van der Waals surface area contributed by atoms with E-state index >= 15 is 0 Å². The van der Waals surface area contributed by atoms with Crippen LogP contribution in [0.15, 0.2) is 36.5 Å². The fraction of sp³-hybridized carbons (Fsp3) is 0.200. The van der Waals surface area contributed by atoms with Crippen molar-refractivity contribution in [2.45, 2.75) is 13.0 Å². The zero-order valence-electron chi connectivity index (χ0n) is 11.3. The molecule has 0 aliphatic rings. The van der Waals surface area contributed by atoms with Gasteiger partial charge in [0, 0.05) is 18.3 Å². The molecule has 1 heterocycles. The van der Waals surface area contributed by atoms with Crippen LogP contribution in [0.1, 0.15) is 24.1 Å². The summed E-state index contributed by atoms with van der Waals surface area (Å²) in [6, 6.07) is 11.4. The van der Waals surface area contributed by atoms with E-state index in [0.717, 1.165) is 5.56 Å². The molecule has 0 aliphatic carbocycles. The number of anilines is 2. The topological polar surface area (TPSA) is 65.9 Å². The summed E-state index contributed by atoms with van der Waals surface area (Å²) in [5, 5.41) is 9.54. The van der Waals surface area contributed by atoms with Crippen LogP contribution in [-0.4, -0.2) is 12.0 Å². The van der Waals surface area contributed by atoms with Crippen LogP contribution in [0.5, 0.6) is 0 Å². The molecule has 20 heavy (non-hydrogen) atoms. The van der Waals surface area contributed by atoms with Crippen LogP contribution < -0.4 is 10.6 Å². The van der Waals surface area contributed by atoms with Crippen LogP contribution in [0.4, 0.5) is 11.5 Å². The van der Waals surface area contributed by atoms with E-state index in [1.165, 1.54) is 6.20 Å². The number of nitriles is 1. The Hall–Kier alpha value is -2.25. The van der Waals surface area contributed by atoms with Crippen molar-refractivity contribution in [3.05, 3.63) is 52.7 Å². The standard InChI is InChI=1S/C15H15ClN4/c1-10(12-3-5-13(16)6-4-12)20(2)15-14(18)7-11(8-17)9-19-15/h3-7,9-10H,18H2,1-2H3. The summed E-state index contributed by atoms with van der Waals surface area (Å²) in [5.74, 6) is 0.659. The molecule has 0 saturated carbocycles. The third kappa shape index (κ3) is 2.84. The molecule has 2 aromatic rings. The van der Waals surface area contributed by atoms with E-state index in [9.17, 15) is 0 Å². The van der Waals surface area contributed by atoms with Crippen molar-refractivity contribution in [3.8, 4) is 6.07 Å². The fourth-order valence-corrected chi connectivity index (χ4v) is 2.10. The summed E-state index contributed by atoms with van der Waals surface area (Å²) in [5.41, 5.74) is 8.02. The third-order valence-corrected chi connectivity index (χ3v) is 3.54. The molecule has 0 saturated heterocycles. The quantitative estimate of drug-likeness (QED) is 0.939. The Labute approximate surface area is 123 Å². The van der Waals surface area contributed by atoms with Gasteiger partial charge < -0.3 is 10.6 Å². The first kappa shape index (κ1) is 14.2. The molecular formula is C15H15ClN4. The second kappa shape index (κ2) is 5.81. The molecule has 0 fully saturated rings. The normalized spacial score (nSPS) is 11.7. The lowest BCUT2D eigenvalue weighted by Crippen LogP contribution is -2.23. The van der Waals surface area contributed by atoms with Gasteiger partial charge in [0.1, 0.15) is 6.07 Å². The summed E-state index contributed by atoms with van der Waals surface area (Å²) in [6.07, 6.45) is 1.52. The van der Waals surface area contributed by atoms with E-state index in [1.807, 2.05) is 42.3 Å². The molecule has 0 radical (unpaired) electrons. The molecule has 0 amide bonds. The number of nitrogens with zero attached hydrogens (tertiary/aromatic N) is 3. The zero-order valence-corrected chi connectivity index (χ0v) is 12.1. The maximum absolute atomic E-state index is 8.83. The van der Waals surface area contributed by atoms with Gasteiger partial charge >= 0.3 is 0 Å². The van der Waals surface area contributed by atoms with E-state index in [-0.39, 0.29) is 6.04 Å². The van der Waals surface area contributed by atoms with Crippen LogP contribution in [-0.2, 0) is 0 Å². The number of hydrogen-bond donors (Lipinski definition) is 1. The molecule has 1 unspecified atom stereocenters. The second-order valence-electron chi connectivity index (χ2n) is 4.59.